The van der Waals surface area contributed by atoms with Gasteiger partial charge in [-0.2, -0.15) is 4.09 Å². The van der Waals surface area contributed by atoms with E-state index in [1.807, 2.05) is 20.8 Å². The molecule has 1 heterocycles. The molecule has 8 nitrogen and oxygen atoms in total. The Morgan fingerprint density at radius 2 is 1.54 bits per heavy atom. The quantitative estimate of drug-likeness (QED) is 0.709. The fraction of sp³-hybridized carbons (Fsp3) is 0.471. The normalized spacial score (nSPS) is 11.4. The summed E-state index contributed by atoms with van der Waals surface area (Å²) in [5, 5.41) is 3.93. The Kier molecular flexibility index (Phi) is 6.36. The van der Waals surface area contributed by atoms with Crippen molar-refractivity contribution in [1.29, 1.82) is 0 Å². The molecular formula is C17H25N3O5S. The van der Waals surface area contributed by atoms with Gasteiger partial charge in [-0.3, -0.25) is 0 Å². The minimum atomic E-state index is -3.53. The fourth-order valence-electron chi connectivity index (χ4n) is 2.41. The third kappa shape index (κ3) is 4.04. The van der Waals surface area contributed by atoms with Crippen molar-refractivity contribution >= 4 is 15.8 Å². The predicted octanol–water partition coefficient (Wildman–Crippen LogP) is 2.53. The van der Waals surface area contributed by atoms with E-state index in [0.29, 0.717) is 48.2 Å². The Labute approximate surface area is 153 Å². The number of nitrogens with zero attached hydrogens (tertiary/aromatic N) is 2. The molecule has 0 spiro atoms. The molecule has 0 saturated carbocycles. The van der Waals surface area contributed by atoms with Crippen LogP contribution in [0.25, 0.3) is 11.1 Å². The van der Waals surface area contributed by atoms with E-state index in [2.05, 4.69) is 5.10 Å². The van der Waals surface area contributed by atoms with Crippen LogP contribution in [0.1, 0.15) is 27.7 Å². The van der Waals surface area contributed by atoms with Gasteiger partial charge in [0.2, 0.25) is 5.75 Å². The molecular weight excluding hydrogens is 358 g/mol. The van der Waals surface area contributed by atoms with Gasteiger partial charge in [-0.1, -0.05) is 0 Å². The molecule has 0 bridgehead atoms. The summed E-state index contributed by atoms with van der Waals surface area (Å²) < 4.78 is 42.0. The SMILES string of the molecule is CCOc1cc(-c2cn(S(=O)(=O)CC)nc2N)cc(OCC)c1OCC. The average Bonchev–Trinajstić information content (AvgIpc) is 3.00. The number of anilines is 1. The second-order valence-electron chi connectivity index (χ2n) is 5.30. The van der Waals surface area contributed by atoms with Crippen molar-refractivity contribution in [1.82, 2.24) is 9.19 Å². The zero-order valence-electron chi connectivity index (χ0n) is 15.5. The van der Waals surface area contributed by atoms with Crippen LogP contribution in [-0.2, 0) is 10.0 Å². The van der Waals surface area contributed by atoms with Gasteiger partial charge in [0.1, 0.15) is 0 Å². The van der Waals surface area contributed by atoms with Crippen LogP contribution in [0.3, 0.4) is 0 Å². The average molecular weight is 383 g/mol. The van der Waals surface area contributed by atoms with E-state index >= 15 is 0 Å². The molecule has 2 aromatic rings. The van der Waals surface area contributed by atoms with E-state index in [1.54, 1.807) is 19.1 Å². The number of nitrogen functional groups attached to an aromatic ring is 1. The van der Waals surface area contributed by atoms with Crippen LogP contribution in [0, 0.1) is 0 Å². The molecule has 144 valence electrons. The van der Waals surface area contributed by atoms with Crippen LogP contribution < -0.4 is 19.9 Å². The zero-order chi connectivity index (χ0) is 19.3. The van der Waals surface area contributed by atoms with E-state index < -0.39 is 10.0 Å². The van der Waals surface area contributed by atoms with Gasteiger partial charge in [-0.05, 0) is 45.4 Å². The van der Waals surface area contributed by atoms with Crippen molar-refractivity contribution in [3.8, 4) is 28.4 Å². The molecule has 0 atom stereocenters. The minimum Gasteiger partial charge on any atom is -0.490 e. The number of hydrogen-bond donors (Lipinski definition) is 1. The molecule has 0 aliphatic carbocycles. The lowest BCUT2D eigenvalue weighted by molar-refractivity contribution is 0.261. The van der Waals surface area contributed by atoms with Gasteiger partial charge < -0.3 is 19.9 Å². The Balaban J connectivity index is 2.63. The summed E-state index contributed by atoms with van der Waals surface area (Å²) in [6.45, 7) is 8.48. The smallest absolute Gasteiger partial charge is 0.253 e. The largest absolute Gasteiger partial charge is 0.490 e. The van der Waals surface area contributed by atoms with Crippen LogP contribution >= 0.6 is 0 Å². The third-order valence-corrected chi connectivity index (χ3v) is 5.08. The van der Waals surface area contributed by atoms with Crippen LogP contribution in [0.15, 0.2) is 18.3 Å². The summed E-state index contributed by atoms with van der Waals surface area (Å²) in [5.74, 6) is 1.54. The predicted molar refractivity (Wildman–Crippen MR) is 100 cm³/mol. The number of nitrogens with two attached hydrogens (primary N) is 1. The molecule has 2 N–H and O–H groups in total. The molecule has 0 saturated heterocycles. The van der Waals surface area contributed by atoms with Crippen molar-refractivity contribution in [3.05, 3.63) is 18.3 Å². The fourth-order valence-corrected chi connectivity index (χ4v) is 3.15. The van der Waals surface area contributed by atoms with Crippen molar-refractivity contribution < 1.29 is 22.6 Å². The van der Waals surface area contributed by atoms with Crippen LogP contribution in [-0.4, -0.2) is 43.2 Å². The summed E-state index contributed by atoms with van der Waals surface area (Å²) >= 11 is 0. The van der Waals surface area contributed by atoms with Gasteiger partial charge in [-0.25, -0.2) is 8.42 Å². The maximum Gasteiger partial charge on any atom is 0.253 e. The summed E-state index contributed by atoms with van der Waals surface area (Å²) in [6, 6.07) is 3.49. The van der Waals surface area contributed by atoms with Crippen molar-refractivity contribution in [2.45, 2.75) is 27.7 Å². The standard InChI is InChI=1S/C17H25N3O5S/c1-5-23-14-9-12(10-15(24-6-2)16(14)25-7-3)13-11-20(19-17(13)18)26(21,22)8-4/h9-11H,5-8H2,1-4H3,(H2,18,19). The highest BCUT2D eigenvalue weighted by molar-refractivity contribution is 7.89. The maximum atomic E-state index is 12.1. The topological polar surface area (TPSA) is 106 Å². The molecule has 2 rings (SSSR count). The molecule has 0 amide bonds. The monoisotopic (exact) mass is 383 g/mol. The van der Waals surface area contributed by atoms with Gasteiger partial charge in [0.15, 0.2) is 17.3 Å². The first-order chi connectivity index (χ1) is 12.4. The summed E-state index contributed by atoms with van der Waals surface area (Å²) in [5.41, 5.74) is 7.07. The zero-order valence-corrected chi connectivity index (χ0v) is 16.3. The van der Waals surface area contributed by atoms with E-state index in [1.165, 1.54) is 6.20 Å². The Morgan fingerprint density at radius 1 is 1.00 bits per heavy atom. The molecule has 0 unspecified atom stereocenters. The second-order valence-corrected chi connectivity index (χ2v) is 7.42. The van der Waals surface area contributed by atoms with Crippen molar-refractivity contribution in [3.63, 3.8) is 0 Å². The summed E-state index contributed by atoms with van der Waals surface area (Å²) in [6.07, 6.45) is 1.40. The molecule has 0 radical (unpaired) electrons. The number of aromatic nitrogens is 2. The lowest BCUT2D eigenvalue weighted by atomic mass is 10.1. The Morgan fingerprint density at radius 3 is 2.00 bits per heavy atom. The summed E-state index contributed by atoms with van der Waals surface area (Å²) in [4.78, 5) is 0. The lowest BCUT2D eigenvalue weighted by Gasteiger charge is -2.17. The number of rotatable bonds is 9. The highest BCUT2D eigenvalue weighted by atomic mass is 32.2. The second kappa shape index (κ2) is 8.31. The first-order valence-corrected chi connectivity index (χ1v) is 10.1. The highest BCUT2D eigenvalue weighted by Gasteiger charge is 2.20. The number of benzene rings is 1. The maximum absolute atomic E-state index is 12.1. The molecule has 1 aromatic carbocycles. The van der Waals surface area contributed by atoms with E-state index in [-0.39, 0.29) is 11.6 Å². The Hall–Kier alpha value is -2.42. The molecule has 0 fully saturated rings. The summed E-state index contributed by atoms with van der Waals surface area (Å²) in [7, 11) is -3.53. The van der Waals surface area contributed by atoms with Gasteiger partial charge >= 0.3 is 0 Å². The molecule has 0 aliphatic heterocycles. The van der Waals surface area contributed by atoms with Crippen molar-refractivity contribution in [2.75, 3.05) is 31.3 Å². The third-order valence-electron chi connectivity index (χ3n) is 3.59. The first-order valence-electron chi connectivity index (χ1n) is 8.53. The Bertz CT molecular complexity index is 834. The molecule has 0 aliphatic rings. The first kappa shape index (κ1) is 19.9. The van der Waals surface area contributed by atoms with Crippen LogP contribution in [0.5, 0.6) is 17.2 Å². The number of ether oxygens (including phenoxy) is 3. The van der Waals surface area contributed by atoms with Gasteiger partial charge in [0.25, 0.3) is 10.0 Å². The van der Waals surface area contributed by atoms with E-state index in [0.717, 1.165) is 4.09 Å². The van der Waals surface area contributed by atoms with Crippen LogP contribution in [0.2, 0.25) is 0 Å². The van der Waals surface area contributed by atoms with E-state index in [4.69, 9.17) is 19.9 Å². The molecule has 9 heteroatoms. The van der Waals surface area contributed by atoms with Crippen LogP contribution in [0.4, 0.5) is 5.82 Å². The lowest BCUT2D eigenvalue weighted by Crippen LogP contribution is -2.15. The molecule has 26 heavy (non-hydrogen) atoms. The van der Waals surface area contributed by atoms with Gasteiger partial charge in [0, 0.05) is 5.56 Å². The highest BCUT2D eigenvalue weighted by Crippen LogP contribution is 2.42. The van der Waals surface area contributed by atoms with E-state index in [9.17, 15) is 8.42 Å². The minimum absolute atomic E-state index is 0.0781. The van der Waals surface area contributed by atoms with Crippen molar-refractivity contribution in [2.24, 2.45) is 0 Å². The van der Waals surface area contributed by atoms with Gasteiger partial charge in [0.05, 0.1) is 31.8 Å². The number of hydrogen-bond acceptors (Lipinski definition) is 7. The van der Waals surface area contributed by atoms with Gasteiger partial charge in [-0.15, -0.1) is 5.10 Å². The molecule has 1 aromatic heterocycles.